The van der Waals surface area contributed by atoms with Crippen molar-refractivity contribution in [2.24, 2.45) is 0 Å². The highest BCUT2D eigenvalue weighted by atomic mass is 19.4. The van der Waals surface area contributed by atoms with Gasteiger partial charge in [-0.25, -0.2) is 0 Å². The largest absolute Gasteiger partial charge is 0.416 e. The first kappa shape index (κ1) is 15.0. The van der Waals surface area contributed by atoms with Crippen LogP contribution in [0.25, 0.3) is 0 Å². The number of rotatable bonds is 7. The van der Waals surface area contributed by atoms with Crippen molar-refractivity contribution in [1.82, 2.24) is 0 Å². The summed E-state index contributed by atoms with van der Waals surface area (Å²) in [6, 6.07) is 5.42. The molecule has 0 spiro atoms. The highest BCUT2D eigenvalue weighted by Gasteiger charge is 2.30. The van der Waals surface area contributed by atoms with Gasteiger partial charge in [-0.15, -0.1) is 0 Å². The second-order valence-corrected chi connectivity index (χ2v) is 4.27. The van der Waals surface area contributed by atoms with Gasteiger partial charge < -0.3 is 4.74 Å². The molecule has 102 valence electrons. The summed E-state index contributed by atoms with van der Waals surface area (Å²) in [5.74, 6) is 0. The Bertz CT molecular complexity index is 347. The Morgan fingerprint density at radius 2 is 1.89 bits per heavy atom. The Kier molecular flexibility index (Phi) is 6.19. The van der Waals surface area contributed by atoms with E-state index in [9.17, 15) is 13.2 Å². The Morgan fingerprint density at radius 1 is 1.11 bits per heavy atom. The lowest BCUT2D eigenvalue weighted by Crippen LogP contribution is -2.06. The molecule has 0 saturated heterocycles. The van der Waals surface area contributed by atoms with Crippen molar-refractivity contribution in [2.45, 2.75) is 38.8 Å². The van der Waals surface area contributed by atoms with Crippen LogP contribution in [0.1, 0.15) is 37.3 Å². The Hall–Kier alpha value is -1.03. The number of hydrogen-bond donors (Lipinski definition) is 0. The fourth-order valence-electron chi connectivity index (χ4n) is 1.65. The summed E-state index contributed by atoms with van der Waals surface area (Å²) in [5, 5.41) is 0. The standard InChI is InChI=1S/C14H19F3O/c1-2-3-4-9-18-10-8-12-6-5-7-13(11-12)14(15,16)17/h5-7,11H,2-4,8-10H2,1H3. The average Bonchev–Trinajstić information content (AvgIpc) is 2.33. The molecular formula is C14H19F3O. The molecule has 1 aromatic carbocycles. The van der Waals surface area contributed by atoms with Gasteiger partial charge in [0, 0.05) is 6.61 Å². The normalized spacial score (nSPS) is 11.8. The molecule has 1 rings (SSSR count). The van der Waals surface area contributed by atoms with E-state index in [1.807, 2.05) is 0 Å². The Labute approximate surface area is 106 Å². The minimum absolute atomic E-state index is 0.477. The monoisotopic (exact) mass is 260 g/mol. The lowest BCUT2D eigenvalue weighted by Gasteiger charge is -2.09. The van der Waals surface area contributed by atoms with Crippen LogP contribution in [-0.2, 0) is 17.3 Å². The van der Waals surface area contributed by atoms with E-state index in [1.54, 1.807) is 6.07 Å². The third-order valence-electron chi connectivity index (χ3n) is 2.68. The van der Waals surface area contributed by atoms with Crippen molar-refractivity contribution in [3.8, 4) is 0 Å². The summed E-state index contributed by atoms with van der Waals surface area (Å²) in [5.41, 5.74) is 0.0753. The SMILES string of the molecule is CCCCCOCCc1cccc(C(F)(F)F)c1. The maximum Gasteiger partial charge on any atom is 0.416 e. The summed E-state index contributed by atoms with van der Waals surface area (Å²) in [7, 11) is 0. The van der Waals surface area contributed by atoms with Gasteiger partial charge >= 0.3 is 6.18 Å². The van der Waals surface area contributed by atoms with Crippen molar-refractivity contribution in [1.29, 1.82) is 0 Å². The number of unbranched alkanes of at least 4 members (excludes halogenated alkanes) is 2. The highest BCUT2D eigenvalue weighted by molar-refractivity contribution is 5.25. The van der Waals surface area contributed by atoms with Gasteiger partial charge in [0.1, 0.15) is 0 Å². The first-order chi connectivity index (χ1) is 8.54. The smallest absolute Gasteiger partial charge is 0.381 e. The zero-order chi connectivity index (χ0) is 13.4. The van der Waals surface area contributed by atoms with Crippen LogP contribution in [-0.4, -0.2) is 13.2 Å². The van der Waals surface area contributed by atoms with Crippen LogP contribution in [0.4, 0.5) is 13.2 Å². The number of benzene rings is 1. The molecule has 0 N–H and O–H groups in total. The lowest BCUT2D eigenvalue weighted by atomic mass is 10.1. The summed E-state index contributed by atoms with van der Waals surface area (Å²) in [4.78, 5) is 0. The van der Waals surface area contributed by atoms with Crippen LogP contribution in [0.2, 0.25) is 0 Å². The minimum atomic E-state index is -4.27. The molecular weight excluding hydrogens is 241 g/mol. The van der Waals surface area contributed by atoms with Crippen molar-refractivity contribution < 1.29 is 17.9 Å². The van der Waals surface area contributed by atoms with Crippen molar-refractivity contribution in [2.75, 3.05) is 13.2 Å². The molecule has 0 radical (unpaired) electrons. The van der Waals surface area contributed by atoms with Gasteiger partial charge in [-0.05, 0) is 24.5 Å². The maximum atomic E-state index is 12.5. The first-order valence-electron chi connectivity index (χ1n) is 6.28. The van der Waals surface area contributed by atoms with Gasteiger partial charge in [-0.2, -0.15) is 13.2 Å². The van der Waals surface area contributed by atoms with Crippen molar-refractivity contribution in [3.05, 3.63) is 35.4 Å². The van der Waals surface area contributed by atoms with Crippen LogP contribution in [0.5, 0.6) is 0 Å². The molecule has 0 fully saturated rings. The van der Waals surface area contributed by atoms with Crippen LogP contribution in [0.15, 0.2) is 24.3 Å². The van der Waals surface area contributed by atoms with Gasteiger partial charge in [-0.3, -0.25) is 0 Å². The van der Waals surface area contributed by atoms with Crippen LogP contribution >= 0.6 is 0 Å². The van der Waals surface area contributed by atoms with Gasteiger partial charge in [0.2, 0.25) is 0 Å². The highest BCUT2D eigenvalue weighted by Crippen LogP contribution is 2.29. The van der Waals surface area contributed by atoms with Crippen LogP contribution < -0.4 is 0 Å². The summed E-state index contributed by atoms with van der Waals surface area (Å²) in [6.07, 6.45) is -0.465. The van der Waals surface area contributed by atoms with Crippen LogP contribution in [0, 0.1) is 0 Å². The molecule has 0 saturated carbocycles. The van der Waals surface area contributed by atoms with E-state index in [-0.39, 0.29) is 0 Å². The molecule has 0 aliphatic rings. The fraction of sp³-hybridized carbons (Fsp3) is 0.571. The van der Waals surface area contributed by atoms with Gasteiger partial charge in [0.25, 0.3) is 0 Å². The lowest BCUT2D eigenvalue weighted by molar-refractivity contribution is -0.137. The zero-order valence-electron chi connectivity index (χ0n) is 10.6. The summed E-state index contributed by atoms with van der Waals surface area (Å²) in [6.45, 7) is 3.28. The maximum absolute atomic E-state index is 12.5. The van der Waals surface area contributed by atoms with Crippen LogP contribution in [0.3, 0.4) is 0 Å². The predicted octanol–water partition coefficient (Wildman–Crippen LogP) is 4.45. The van der Waals surface area contributed by atoms with Crippen molar-refractivity contribution in [3.63, 3.8) is 0 Å². The molecule has 0 atom stereocenters. The summed E-state index contributed by atoms with van der Waals surface area (Å²) >= 11 is 0. The molecule has 0 aromatic heterocycles. The van der Waals surface area contributed by atoms with E-state index < -0.39 is 11.7 Å². The predicted molar refractivity (Wildman–Crippen MR) is 65.5 cm³/mol. The second kappa shape index (κ2) is 7.41. The molecule has 0 aliphatic heterocycles. The molecule has 0 bridgehead atoms. The number of ether oxygens (including phenoxy) is 1. The first-order valence-corrected chi connectivity index (χ1v) is 6.28. The minimum Gasteiger partial charge on any atom is -0.381 e. The molecule has 0 amide bonds. The molecule has 0 aliphatic carbocycles. The molecule has 0 unspecified atom stereocenters. The molecule has 18 heavy (non-hydrogen) atoms. The molecule has 1 aromatic rings. The fourth-order valence-corrected chi connectivity index (χ4v) is 1.65. The molecule has 0 heterocycles. The topological polar surface area (TPSA) is 9.23 Å². The van der Waals surface area contributed by atoms with Gasteiger partial charge in [0.05, 0.1) is 12.2 Å². The van der Waals surface area contributed by atoms with E-state index >= 15 is 0 Å². The number of hydrogen-bond acceptors (Lipinski definition) is 1. The molecule has 4 heteroatoms. The Morgan fingerprint density at radius 3 is 2.56 bits per heavy atom. The second-order valence-electron chi connectivity index (χ2n) is 4.27. The van der Waals surface area contributed by atoms with E-state index in [1.165, 1.54) is 12.1 Å². The van der Waals surface area contributed by atoms with E-state index in [2.05, 4.69) is 6.92 Å². The average molecular weight is 260 g/mol. The quantitative estimate of drug-likeness (QED) is 0.658. The van der Waals surface area contributed by atoms with E-state index in [0.717, 1.165) is 25.3 Å². The third-order valence-corrected chi connectivity index (χ3v) is 2.68. The number of alkyl halides is 3. The van der Waals surface area contributed by atoms with E-state index in [4.69, 9.17) is 4.74 Å². The van der Waals surface area contributed by atoms with Gasteiger partial charge in [-0.1, -0.05) is 38.0 Å². The van der Waals surface area contributed by atoms with E-state index in [0.29, 0.717) is 25.2 Å². The Balaban J connectivity index is 2.34. The molecule has 1 nitrogen and oxygen atoms in total. The summed E-state index contributed by atoms with van der Waals surface area (Å²) < 4.78 is 42.8. The third kappa shape index (κ3) is 5.54. The number of halogens is 3. The van der Waals surface area contributed by atoms with Crippen molar-refractivity contribution >= 4 is 0 Å². The van der Waals surface area contributed by atoms with Gasteiger partial charge in [0.15, 0.2) is 0 Å². The zero-order valence-corrected chi connectivity index (χ0v) is 10.6.